The molecule has 0 saturated carbocycles. The third kappa shape index (κ3) is 5.08. The molecule has 2 aromatic carbocycles. The Bertz CT molecular complexity index is 1070. The van der Waals surface area contributed by atoms with Crippen LogP contribution in [0, 0.1) is 0 Å². The van der Waals surface area contributed by atoms with Gasteiger partial charge in [0.05, 0.1) is 38.0 Å². The first-order valence-electron chi connectivity index (χ1n) is 9.23. The van der Waals surface area contributed by atoms with Crippen LogP contribution < -0.4 is 18.9 Å². The Labute approximate surface area is 187 Å². The monoisotopic (exact) mass is 492 g/mol. The highest BCUT2D eigenvalue weighted by Gasteiger charge is 2.18. The van der Waals surface area contributed by atoms with E-state index in [-0.39, 0.29) is 18.1 Å². The summed E-state index contributed by atoms with van der Waals surface area (Å²) in [5, 5.41) is 3.92. The Kier molecular flexibility index (Phi) is 7.35. The van der Waals surface area contributed by atoms with Gasteiger partial charge in [-0.25, -0.2) is 4.79 Å². The second-order valence-corrected chi connectivity index (χ2v) is 6.93. The standard InChI is InChI=1S/C21H21BrN2O7/c1-5-29-19-14(22)8-13(10-17(19)28-4)21(25)30-11-18-23-20(24-31-18)12-6-7-15(26-2)16(9-12)27-3/h6-10H,5,11H2,1-4H3. The van der Waals surface area contributed by atoms with Crippen LogP contribution in [0.2, 0.25) is 0 Å². The van der Waals surface area contributed by atoms with Crippen LogP contribution >= 0.6 is 15.9 Å². The molecule has 0 saturated heterocycles. The molecular weight excluding hydrogens is 472 g/mol. The van der Waals surface area contributed by atoms with E-state index in [1.54, 1.807) is 37.4 Å². The fourth-order valence-corrected chi connectivity index (χ4v) is 3.30. The maximum absolute atomic E-state index is 12.5. The van der Waals surface area contributed by atoms with Crippen LogP contribution in [-0.2, 0) is 11.3 Å². The molecule has 0 aliphatic rings. The topological polar surface area (TPSA) is 102 Å². The molecule has 0 fully saturated rings. The minimum atomic E-state index is -0.576. The van der Waals surface area contributed by atoms with Gasteiger partial charge < -0.3 is 28.2 Å². The largest absolute Gasteiger partial charge is 0.493 e. The summed E-state index contributed by atoms with van der Waals surface area (Å²) in [5.74, 6) is 1.95. The first-order chi connectivity index (χ1) is 15.0. The van der Waals surface area contributed by atoms with Crippen molar-refractivity contribution in [2.24, 2.45) is 0 Å². The Morgan fingerprint density at radius 3 is 2.45 bits per heavy atom. The maximum atomic E-state index is 12.5. The summed E-state index contributed by atoms with van der Waals surface area (Å²) >= 11 is 3.38. The minimum absolute atomic E-state index is 0.148. The molecule has 0 radical (unpaired) electrons. The van der Waals surface area contributed by atoms with E-state index in [0.29, 0.717) is 45.5 Å². The van der Waals surface area contributed by atoms with Crippen LogP contribution in [0.25, 0.3) is 11.4 Å². The average Bonchev–Trinajstić information content (AvgIpc) is 3.27. The van der Waals surface area contributed by atoms with Crippen molar-refractivity contribution in [1.29, 1.82) is 0 Å². The summed E-state index contributed by atoms with van der Waals surface area (Å²) in [6.45, 7) is 2.12. The predicted molar refractivity (Wildman–Crippen MR) is 114 cm³/mol. The summed E-state index contributed by atoms with van der Waals surface area (Å²) in [7, 11) is 4.58. The van der Waals surface area contributed by atoms with E-state index in [2.05, 4.69) is 26.1 Å². The zero-order valence-corrected chi connectivity index (χ0v) is 19.0. The number of benzene rings is 2. The number of aromatic nitrogens is 2. The van der Waals surface area contributed by atoms with E-state index in [9.17, 15) is 4.79 Å². The molecule has 0 unspecified atom stereocenters. The maximum Gasteiger partial charge on any atom is 0.338 e. The molecule has 0 spiro atoms. The fraction of sp³-hybridized carbons (Fsp3) is 0.286. The van der Waals surface area contributed by atoms with Gasteiger partial charge in [-0.05, 0) is 53.2 Å². The molecule has 0 atom stereocenters. The van der Waals surface area contributed by atoms with Gasteiger partial charge >= 0.3 is 5.97 Å². The Morgan fingerprint density at radius 1 is 1.03 bits per heavy atom. The number of ether oxygens (including phenoxy) is 5. The molecule has 0 aliphatic heterocycles. The quantitative estimate of drug-likeness (QED) is 0.404. The van der Waals surface area contributed by atoms with Crippen LogP contribution in [0.15, 0.2) is 39.3 Å². The van der Waals surface area contributed by atoms with Gasteiger partial charge in [-0.2, -0.15) is 4.98 Å². The number of carbonyl (C=O) groups is 1. The smallest absolute Gasteiger partial charge is 0.338 e. The summed E-state index contributed by atoms with van der Waals surface area (Å²) in [4.78, 5) is 16.7. The zero-order valence-electron chi connectivity index (χ0n) is 17.4. The molecule has 1 heterocycles. The fourth-order valence-electron chi connectivity index (χ4n) is 2.74. The highest BCUT2D eigenvalue weighted by molar-refractivity contribution is 9.10. The van der Waals surface area contributed by atoms with Crippen molar-refractivity contribution in [3.63, 3.8) is 0 Å². The zero-order chi connectivity index (χ0) is 22.4. The van der Waals surface area contributed by atoms with Crippen molar-refractivity contribution >= 4 is 21.9 Å². The van der Waals surface area contributed by atoms with Gasteiger partial charge in [0.1, 0.15) is 0 Å². The summed E-state index contributed by atoms with van der Waals surface area (Å²) < 4.78 is 32.4. The second-order valence-electron chi connectivity index (χ2n) is 6.08. The summed E-state index contributed by atoms with van der Waals surface area (Å²) in [5.41, 5.74) is 0.950. The average molecular weight is 493 g/mol. The van der Waals surface area contributed by atoms with E-state index >= 15 is 0 Å². The van der Waals surface area contributed by atoms with E-state index in [0.717, 1.165) is 0 Å². The van der Waals surface area contributed by atoms with Crippen molar-refractivity contribution in [3.05, 3.63) is 46.3 Å². The molecule has 1 aromatic heterocycles. The van der Waals surface area contributed by atoms with E-state index in [4.69, 9.17) is 28.2 Å². The molecule has 164 valence electrons. The van der Waals surface area contributed by atoms with Crippen LogP contribution in [0.1, 0.15) is 23.2 Å². The SMILES string of the molecule is CCOc1c(Br)cc(C(=O)OCc2nc(-c3ccc(OC)c(OC)c3)no2)cc1OC. The number of hydrogen-bond acceptors (Lipinski definition) is 9. The number of methoxy groups -OCH3 is 3. The Balaban J connectivity index is 1.71. The van der Waals surface area contributed by atoms with Crippen molar-refractivity contribution in [2.45, 2.75) is 13.5 Å². The van der Waals surface area contributed by atoms with Crippen LogP contribution in [0.3, 0.4) is 0 Å². The molecule has 31 heavy (non-hydrogen) atoms. The molecule has 0 bridgehead atoms. The van der Waals surface area contributed by atoms with E-state index in [1.165, 1.54) is 14.2 Å². The lowest BCUT2D eigenvalue weighted by molar-refractivity contribution is 0.0429. The van der Waals surface area contributed by atoms with E-state index < -0.39 is 5.97 Å². The number of rotatable bonds is 9. The van der Waals surface area contributed by atoms with Crippen LogP contribution in [0.5, 0.6) is 23.0 Å². The van der Waals surface area contributed by atoms with Crippen LogP contribution in [0.4, 0.5) is 0 Å². The number of nitrogens with zero attached hydrogens (tertiary/aromatic N) is 2. The van der Waals surface area contributed by atoms with Gasteiger partial charge in [0.25, 0.3) is 5.89 Å². The number of hydrogen-bond donors (Lipinski definition) is 0. The summed E-state index contributed by atoms with van der Waals surface area (Å²) in [6, 6.07) is 8.37. The summed E-state index contributed by atoms with van der Waals surface area (Å²) in [6.07, 6.45) is 0. The van der Waals surface area contributed by atoms with Crippen molar-refractivity contribution in [2.75, 3.05) is 27.9 Å². The third-order valence-corrected chi connectivity index (χ3v) is 4.78. The molecular formula is C21H21BrN2O7. The highest BCUT2D eigenvalue weighted by atomic mass is 79.9. The molecule has 9 nitrogen and oxygen atoms in total. The molecule has 0 aliphatic carbocycles. The van der Waals surface area contributed by atoms with Crippen molar-refractivity contribution < 1.29 is 33.0 Å². The first kappa shape index (κ1) is 22.4. The lowest BCUT2D eigenvalue weighted by atomic mass is 10.2. The lowest BCUT2D eigenvalue weighted by Crippen LogP contribution is -2.07. The van der Waals surface area contributed by atoms with Crippen LogP contribution in [-0.4, -0.2) is 44.0 Å². The van der Waals surface area contributed by atoms with Gasteiger partial charge in [0.2, 0.25) is 5.82 Å². The van der Waals surface area contributed by atoms with Crippen molar-refractivity contribution in [1.82, 2.24) is 10.1 Å². The number of halogens is 1. The molecule has 3 aromatic rings. The Hall–Kier alpha value is -3.27. The lowest BCUT2D eigenvalue weighted by Gasteiger charge is -2.12. The van der Waals surface area contributed by atoms with Gasteiger partial charge in [-0.1, -0.05) is 5.16 Å². The highest BCUT2D eigenvalue weighted by Crippen LogP contribution is 2.37. The number of esters is 1. The van der Waals surface area contributed by atoms with Gasteiger partial charge in [0.15, 0.2) is 29.6 Å². The normalized spacial score (nSPS) is 10.5. The van der Waals surface area contributed by atoms with Gasteiger partial charge in [-0.3, -0.25) is 0 Å². The van der Waals surface area contributed by atoms with Gasteiger partial charge in [-0.15, -0.1) is 0 Å². The predicted octanol–water partition coefficient (Wildman–Crippen LogP) is 4.28. The molecule has 3 rings (SSSR count). The Morgan fingerprint density at radius 2 is 1.77 bits per heavy atom. The van der Waals surface area contributed by atoms with E-state index in [1.807, 2.05) is 6.92 Å². The molecule has 0 N–H and O–H groups in total. The van der Waals surface area contributed by atoms with Crippen molar-refractivity contribution in [3.8, 4) is 34.4 Å². The second kappa shape index (κ2) is 10.2. The molecule has 10 heteroatoms. The first-order valence-corrected chi connectivity index (χ1v) is 10.0. The van der Waals surface area contributed by atoms with Gasteiger partial charge in [0, 0.05) is 5.56 Å². The molecule has 0 amide bonds. The minimum Gasteiger partial charge on any atom is -0.493 e. The number of carbonyl (C=O) groups excluding carboxylic acids is 1. The third-order valence-electron chi connectivity index (χ3n) is 4.19.